The zero-order valence-electron chi connectivity index (χ0n) is 18.1. The highest BCUT2D eigenvalue weighted by atomic mass is 32.1. The second-order valence-electron chi connectivity index (χ2n) is 8.91. The molecule has 6 heteroatoms. The van der Waals surface area contributed by atoms with Crippen molar-refractivity contribution in [3.63, 3.8) is 0 Å². The topological polar surface area (TPSA) is 57.4 Å². The highest BCUT2D eigenvalue weighted by Crippen LogP contribution is 2.25. The molecular formula is C24H33N3O2S. The molecule has 4 rings (SSSR count). The van der Waals surface area contributed by atoms with Gasteiger partial charge in [0.15, 0.2) is 5.11 Å². The Hall–Kier alpha value is -1.92. The summed E-state index contributed by atoms with van der Waals surface area (Å²) in [5.74, 6) is 0. The Bertz CT molecular complexity index is 959. The van der Waals surface area contributed by atoms with E-state index >= 15 is 0 Å². The van der Waals surface area contributed by atoms with E-state index in [1.807, 2.05) is 13.0 Å². The van der Waals surface area contributed by atoms with Gasteiger partial charge >= 0.3 is 0 Å². The molecule has 1 atom stereocenters. The minimum atomic E-state index is -0.0165. The summed E-state index contributed by atoms with van der Waals surface area (Å²) >= 11 is 5.82. The fraction of sp³-hybridized carbons (Fsp3) is 0.583. The Morgan fingerprint density at radius 2 is 1.97 bits per heavy atom. The van der Waals surface area contributed by atoms with Gasteiger partial charge in [0.1, 0.15) is 0 Å². The van der Waals surface area contributed by atoms with Crippen LogP contribution in [0.1, 0.15) is 61.6 Å². The van der Waals surface area contributed by atoms with Gasteiger partial charge in [0, 0.05) is 24.8 Å². The molecule has 162 valence electrons. The lowest BCUT2D eigenvalue weighted by Gasteiger charge is -2.36. The standard InChI is InChI=1S/C24H33N3O2S/c1-16-11-17(2)22-18(12-16)13-19(23(28)26-22)15-27(20-7-4-3-5-8-20)24(30)25-14-21-9-6-10-29-21/h11-13,20-21H,3-10,14-15H2,1-2H3,(H,25,30)(H,26,28). The van der Waals surface area contributed by atoms with Gasteiger partial charge in [0.25, 0.3) is 5.56 Å². The molecule has 1 saturated carbocycles. The summed E-state index contributed by atoms with van der Waals surface area (Å²) in [5, 5.41) is 5.27. The normalized spacial score (nSPS) is 19.9. The molecule has 1 saturated heterocycles. The number of nitrogens with one attached hydrogen (secondary N) is 2. The number of nitrogens with zero attached hydrogens (tertiary/aromatic N) is 1. The number of ether oxygens (including phenoxy) is 1. The van der Waals surface area contributed by atoms with Gasteiger partial charge in [-0.15, -0.1) is 0 Å². The molecule has 2 aliphatic rings. The van der Waals surface area contributed by atoms with Crippen LogP contribution in [0.2, 0.25) is 0 Å². The van der Waals surface area contributed by atoms with Gasteiger partial charge in [-0.2, -0.15) is 0 Å². The van der Waals surface area contributed by atoms with E-state index in [0.717, 1.165) is 66.0 Å². The van der Waals surface area contributed by atoms with Crippen LogP contribution in [-0.2, 0) is 11.3 Å². The van der Waals surface area contributed by atoms with E-state index in [2.05, 4.69) is 34.3 Å². The second kappa shape index (κ2) is 9.48. The molecule has 30 heavy (non-hydrogen) atoms. The summed E-state index contributed by atoms with van der Waals surface area (Å²) in [5.41, 5.74) is 4.00. The third-order valence-corrected chi connectivity index (χ3v) is 6.87. The van der Waals surface area contributed by atoms with Gasteiger partial charge in [0.2, 0.25) is 0 Å². The number of hydrogen-bond acceptors (Lipinski definition) is 3. The van der Waals surface area contributed by atoms with Crippen molar-refractivity contribution in [3.05, 3.63) is 45.2 Å². The number of rotatable bonds is 5. The van der Waals surface area contributed by atoms with Crippen LogP contribution in [-0.4, -0.2) is 40.3 Å². The van der Waals surface area contributed by atoms with Crippen LogP contribution in [0, 0.1) is 13.8 Å². The average molecular weight is 428 g/mol. The minimum absolute atomic E-state index is 0.0165. The first-order chi connectivity index (χ1) is 14.5. The molecule has 0 bridgehead atoms. The zero-order chi connectivity index (χ0) is 21.1. The fourth-order valence-electron chi connectivity index (χ4n) is 4.90. The molecule has 1 aromatic carbocycles. The van der Waals surface area contributed by atoms with Crippen molar-refractivity contribution in [2.75, 3.05) is 13.2 Å². The summed E-state index contributed by atoms with van der Waals surface area (Å²) in [6.45, 7) is 6.27. The van der Waals surface area contributed by atoms with Crippen LogP contribution in [0.3, 0.4) is 0 Å². The van der Waals surface area contributed by atoms with Crippen molar-refractivity contribution in [2.24, 2.45) is 0 Å². The van der Waals surface area contributed by atoms with E-state index in [1.54, 1.807) is 0 Å². The summed E-state index contributed by atoms with van der Waals surface area (Å²) in [4.78, 5) is 18.3. The Labute approximate surface area is 184 Å². The van der Waals surface area contributed by atoms with Crippen molar-refractivity contribution in [3.8, 4) is 0 Å². The second-order valence-corrected chi connectivity index (χ2v) is 9.30. The summed E-state index contributed by atoms with van der Waals surface area (Å²) < 4.78 is 5.74. The van der Waals surface area contributed by atoms with Crippen LogP contribution in [0.4, 0.5) is 0 Å². The number of thiocarbonyl (C=S) groups is 1. The molecule has 2 N–H and O–H groups in total. The van der Waals surface area contributed by atoms with Crippen LogP contribution < -0.4 is 10.9 Å². The number of pyridine rings is 1. The van der Waals surface area contributed by atoms with E-state index in [0.29, 0.717) is 12.6 Å². The van der Waals surface area contributed by atoms with Crippen molar-refractivity contribution in [2.45, 2.75) is 77.5 Å². The van der Waals surface area contributed by atoms with Gasteiger partial charge in [-0.3, -0.25) is 4.79 Å². The van der Waals surface area contributed by atoms with Crippen molar-refractivity contribution >= 4 is 28.2 Å². The molecule has 5 nitrogen and oxygen atoms in total. The van der Waals surface area contributed by atoms with Crippen molar-refractivity contribution in [1.29, 1.82) is 0 Å². The van der Waals surface area contributed by atoms with Gasteiger partial charge in [-0.05, 0) is 74.8 Å². The van der Waals surface area contributed by atoms with E-state index in [9.17, 15) is 4.79 Å². The molecule has 0 amide bonds. The van der Waals surface area contributed by atoms with Crippen LogP contribution in [0.5, 0.6) is 0 Å². The Morgan fingerprint density at radius 1 is 1.17 bits per heavy atom. The predicted molar refractivity (Wildman–Crippen MR) is 126 cm³/mol. The third kappa shape index (κ3) is 4.86. The van der Waals surface area contributed by atoms with Gasteiger partial charge in [-0.1, -0.05) is 30.9 Å². The Kier molecular flexibility index (Phi) is 6.74. The summed E-state index contributed by atoms with van der Waals surface area (Å²) in [6, 6.07) is 6.68. The SMILES string of the molecule is Cc1cc(C)c2[nH]c(=O)c(CN(C(=S)NCC3CCCO3)C3CCCCC3)cc2c1. The van der Waals surface area contributed by atoms with Gasteiger partial charge in [0.05, 0.1) is 18.2 Å². The smallest absolute Gasteiger partial charge is 0.253 e. The largest absolute Gasteiger partial charge is 0.376 e. The van der Waals surface area contributed by atoms with Crippen LogP contribution >= 0.6 is 12.2 Å². The third-order valence-electron chi connectivity index (χ3n) is 6.49. The number of benzene rings is 1. The maximum Gasteiger partial charge on any atom is 0.253 e. The number of aromatic nitrogens is 1. The highest BCUT2D eigenvalue weighted by molar-refractivity contribution is 7.80. The number of hydrogen-bond donors (Lipinski definition) is 2. The number of aromatic amines is 1. The van der Waals surface area contributed by atoms with Crippen molar-refractivity contribution < 1.29 is 4.74 Å². The summed E-state index contributed by atoms with van der Waals surface area (Å²) in [7, 11) is 0. The lowest BCUT2D eigenvalue weighted by atomic mass is 9.94. The first-order valence-corrected chi connectivity index (χ1v) is 11.7. The lowest BCUT2D eigenvalue weighted by Crippen LogP contribution is -2.48. The van der Waals surface area contributed by atoms with Crippen LogP contribution in [0.25, 0.3) is 10.9 Å². The molecule has 0 radical (unpaired) electrons. The van der Waals surface area contributed by atoms with Crippen molar-refractivity contribution in [1.82, 2.24) is 15.2 Å². The molecule has 1 aliphatic carbocycles. The molecule has 2 fully saturated rings. The Balaban J connectivity index is 1.58. The van der Waals surface area contributed by atoms with Crippen LogP contribution in [0.15, 0.2) is 23.0 Å². The Morgan fingerprint density at radius 3 is 2.70 bits per heavy atom. The quantitative estimate of drug-likeness (QED) is 0.696. The molecular weight excluding hydrogens is 394 g/mol. The van der Waals surface area contributed by atoms with Gasteiger partial charge < -0.3 is 19.9 Å². The van der Waals surface area contributed by atoms with E-state index in [-0.39, 0.29) is 11.7 Å². The molecule has 1 aromatic heterocycles. The number of aryl methyl sites for hydroxylation is 2. The zero-order valence-corrected chi connectivity index (χ0v) is 18.9. The lowest BCUT2D eigenvalue weighted by molar-refractivity contribution is 0.112. The molecule has 1 unspecified atom stereocenters. The number of H-pyrrole nitrogens is 1. The molecule has 0 spiro atoms. The van der Waals surface area contributed by atoms with E-state index in [4.69, 9.17) is 17.0 Å². The minimum Gasteiger partial charge on any atom is -0.376 e. The fourth-order valence-corrected chi connectivity index (χ4v) is 5.20. The molecule has 2 heterocycles. The number of fused-ring (bicyclic) bond motifs is 1. The molecule has 1 aliphatic heterocycles. The van der Waals surface area contributed by atoms with E-state index in [1.165, 1.54) is 24.8 Å². The summed E-state index contributed by atoms with van der Waals surface area (Å²) in [6.07, 6.45) is 8.45. The maximum absolute atomic E-state index is 12.9. The molecule has 2 aromatic rings. The highest BCUT2D eigenvalue weighted by Gasteiger charge is 2.25. The monoisotopic (exact) mass is 427 g/mol. The first kappa shape index (κ1) is 21.3. The van der Waals surface area contributed by atoms with Gasteiger partial charge in [-0.25, -0.2) is 0 Å². The first-order valence-electron chi connectivity index (χ1n) is 11.3. The van der Waals surface area contributed by atoms with E-state index < -0.39 is 0 Å². The maximum atomic E-state index is 12.9. The predicted octanol–water partition coefficient (Wildman–Crippen LogP) is 4.33. The average Bonchev–Trinajstić information content (AvgIpc) is 3.25.